The molecule has 2 aromatic carbocycles. The van der Waals surface area contributed by atoms with Crippen molar-refractivity contribution in [1.82, 2.24) is 4.98 Å². The highest BCUT2D eigenvalue weighted by atomic mass is 16.5. The molecule has 1 aliphatic rings. The quantitative estimate of drug-likeness (QED) is 0.762. The first kappa shape index (κ1) is 16.2. The van der Waals surface area contributed by atoms with Crippen molar-refractivity contribution >= 4 is 22.7 Å². The molecule has 0 spiro atoms. The van der Waals surface area contributed by atoms with Gasteiger partial charge in [0.1, 0.15) is 11.9 Å². The molecule has 2 heterocycles. The number of fused-ring (bicyclic) bond motifs is 1. The number of pyridine rings is 1. The van der Waals surface area contributed by atoms with Crippen LogP contribution >= 0.6 is 0 Å². The number of aromatic nitrogens is 1. The first-order valence-electron chi connectivity index (χ1n) is 8.33. The Hall–Kier alpha value is -3.28. The van der Waals surface area contributed by atoms with Crippen LogP contribution in [0.15, 0.2) is 54.6 Å². The molecule has 4 rings (SSSR count). The van der Waals surface area contributed by atoms with Crippen LogP contribution in [-0.2, 0) is 0 Å². The monoisotopic (exact) mass is 350 g/mol. The molecule has 6 heteroatoms. The summed E-state index contributed by atoms with van der Waals surface area (Å²) in [6.07, 6.45) is 0.00727. The summed E-state index contributed by atoms with van der Waals surface area (Å²) in [5, 5.41) is 10.1. The molecule has 3 aromatic rings. The number of nitrogens with zero attached hydrogens (tertiary/aromatic N) is 2. The summed E-state index contributed by atoms with van der Waals surface area (Å²) in [6, 6.07) is 16.4. The lowest BCUT2D eigenvalue weighted by Crippen LogP contribution is -2.54. The van der Waals surface area contributed by atoms with Gasteiger partial charge in [0, 0.05) is 5.39 Å². The zero-order chi connectivity index (χ0) is 18.1. The third-order valence-electron chi connectivity index (χ3n) is 4.47. The maximum atomic E-state index is 11.6. The summed E-state index contributed by atoms with van der Waals surface area (Å²) in [7, 11) is 1.61. The molecule has 0 saturated carbocycles. The maximum absolute atomic E-state index is 11.6. The highest BCUT2D eigenvalue weighted by Crippen LogP contribution is 2.31. The molecule has 0 radical (unpaired) electrons. The number of anilines is 1. The average Bonchev–Trinajstić information content (AvgIpc) is 2.63. The van der Waals surface area contributed by atoms with Gasteiger partial charge in [0.25, 0.3) is 0 Å². The number of benzene rings is 2. The van der Waals surface area contributed by atoms with Crippen molar-refractivity contribution in [1.29, 1.82) is 0 Å². The number of carbonyl (C=O) groups is 1. The smallest absolute Gasteiger partial charge is 0.336 e. The molecule has 132 valence electrons. The van der Waals surface area contributed by atoms with E-state index in [9.17, 15) is 9.90 Å². The highest BCUT2D eigenvalue weighted by Gasteiger charge is 2.31. The molecule has 1 N–H and O–H groups in total. The first-order chi connectivity index (χ1) is 12.7. The number of hydrogen-bond donors (Lipinski definition) is 1. The van der Waals surface area contributed by atoms with Crippen LogP contribution in [0.3, 0.4) is 0 Å². The SMILES string of the molecule is COc1ccccc1OC1CN(c2cc(C(=O)O)c3ccccc3n2)C1. The third kappa shape index (κ3) is 2.90. The van der Waals surface area contributed by atoms with Crippen LogP contribution in [-0.4, -0.2) is 42.4 Å². The van der Waals surface area contributed by atoms with Crippen molar-refractivity contribution in [2.45, 2.75) is 6.10 Å². The topological polar surface area (TPSA) is 71.9 Å². The van der Waals surface area contributed by atoms with Crippen molar-refractivity contribution in [2.24, 2.45) is 0 Å². The van der Waals surface area contributed by atoms with Crippen LogP contribution in [0.25, 0.3) is 10.9 Å². The summed E-state index contributed by atoms with van der Waals surface area (Å²) >= 11 is 0. The van der Waals surface area contributed by atoms with E-state index in [1.54, 1.807) is 19.2 Å². The Morgan fingerprint density at radius 1 is 1.12 bits per heavy atom. The summed E-state index contributed by atoms with van der Waals surface area (Å²) < 4.78 is 11.3. The number of carboxylic acids is 1. The van der Waals surface area contributed by atoms with Gasteiger partial charge in [0.05, 0.1) is 31.3 Å². The van der Waals surface area contributed by atoms with Crippen molar-refractivity contribution in [3.05, 3.63) is 60.2 Å². The van der Waals surface area contributed by atoms with Crippen LogP contribution in [0.1, 0.15) is 10.4 Å². The van der Waals surface area contributed by atoms with Gasteiger partial charge < -0.3 is 19.5 Å². The number of methoxy groups -OCH3 is 1. The van der Waals surface area contributed by atoms with E-state index in [2.05, 4.69) is 4.98 Å². The molecule has 0 unspecified atom stereocenters. The zero-order valence-corrected chi connectivity index (χ0v) is 14.3. The van der Waals surface area contributed by atoms with Crippen LogP contribution in [0.4, 0.5) is 5.82 Å². The van der Waals surface area contributed by atoms with Crippen LogP contribution < -0.4 is 14.4 Å². The van der Waals surface area contributed by atoms with Crippen molar-refractivity contribution in [2.75, 3.05) is 25.1 Å². The van der Waals surface area contributed by atoms with Crippen molar-refractivity contribution < 1.29 is 19.4 Å². The number of ether oxygens (including phenoxy) is 2. The Kier molecular flexibility index (Phi) is 4.08. The summed E-state index contributed by atoms with van der Waals surface area (Å²) in [5.41, 5.74) is 0.941. The van der Waals surface area contributed by atoms with E-state index >= 15 is 0 Å². The fourth-order valence-corrected chi connectivity index (χ4v) is 3.10. The molecule has 0 aliphatic carbocycles. The molecular formula is C20H18N2O4. The van der Waals surface area contributed by atoms with Crippen LogP contribution in [0.5, 0.6) is 11.5 Å². The number of rotatable bonds is 5. The molecular weight excluding hydrogens is 332 g/mol. The second-order valence-electron chi connectivity index (χ2n) is 6.15. The van der Waals surface area contributed by atoms with E-state index in [0.29, 0.717) is 41.3 Å². The van der Waals surface area contributed by atoms with Crippen LogP contribution in [0, 0.1) is 0 Å². The van der Waals surface area contributed by atoms with E-state index in [1.807, 2.05) is 47.4 Å². The van der Waals surface area contributed by atoms with Crippen LogP contribution in [0.2, 0.25) is 0 Å². The molecule has 0 amide bonds. The van der Waals surface area contributed by atoms with Gasteiger partial charge in [-0.2, -0.15) is 0 Å². The van der Waals surface area contributed by atoms with E-state index in [-0.39, 0.29) is 11.7 Å². The Labute approximate surface area is 150 Å². The van der Waals surface area contributed by atoms with E-state index in [0.717, 1.165) is 0 Å². The maximum Gasteiger partial charge on any atom is 0.336 e. The Morgan fingerprint density at radius 2 is 1.81 bits per heavy atom. The predicted octanol–water partition coefficient (Wildman–Crippen LogP) is 3.21. The van der Waals surface area contributed by atoms with Gasteiger partial charge in [-0.05, 0) is 24.3 Å². The number of carboxylic acid groups (broad SMARTS) is 1. The summed E-state index contributed by atoms with van der Waals surface area (Å²) in [5.74, 6) is 1.11. The molecule has 1 saturated heterocycles. The van der Waals surface area contributed by atoms with Gasteiger partial charge in [-0.1, -0.05) is 30.3 Å². The lowest BCUT2D eigenvalue weighted by atomic mass is 10.1. The minimum Gasteiger partial charge on any atom is -0.493 e. The normalized spacial score (nSPS) is 14.1. The standard InChI is InChI=1S/C20H18N2O4/c1-25-17-8-4-5-9-18(17)26-13-11-22(12-13)19-10-15(20(23)24)14-6-2-3-7-16(14)21-19/h2-10,13H,11-12H2,1H3,(H,23,24). The zero-order valence-electron chi connectivity index (χ0n) is 14.3. The minimum atomic E-state index is -0.952. The Morgan fingerprint density at radius 3 is 2.54 bits per heavy atom. The second kappa shape index (κ2) is 6.55. The number of aromatic carboxylic acids is 1. The number of para-hydroxylation sites is 3. The summed E-state index contributed by atoms with van der Waals surface area (Å²) in [6.45, 7) is 1.28. The highest BCUT2D eigenvalue weighted by molar-refractivity contribution is 6.03. The molecule has 1 aliphatic heterocycles. The summed E-state index contributed by atoms with van der Waals surface area (Å²) in [4.78, 5) is 18.2. The van der Waals surface area contributed by atoms with Gasteiger partial charge in [0.2, 0.25) is 0 Å². The second-order valence-corrected chi connectivity index (χ2v) is 6.15. The van der Waals surface area contributed by atoms with Gasteiger partial charge in [-0.3, -0.25) is 0 Å². The van der Waals surface area contributed by atoms with Crippen molar-refractivity contribution in [3.63, 3.8) is 0 Å². The fraction of sp³-hybridized carbons (Fsp3) is 0.200. The Bertz CT molecular complexity index is 967. The largest absolute Gasteiger partial charge is 0.493 e. The lowest BCUT2D eigenvalue weighted by molar-refractivity contribution is 0.0699. The van der Waals surface area contributed by atoms with Gasteiger partial charge in [-0.15, -0.1) is 0 Å². The van der Waals surface area contributed by atoms with Gasteiger partial charge in [-0.25, -0.2) is 9.78 Å². The minimum absolute atomic E-state index is 0.00727. The van der Waals surface area contributed by atoms with E-state index < -0.39 is 5.97 Å². The molecule has 0 bridgehead atoms. The van der Waals surface area contributed by atoms with Crippen molar-refractivity contribution in [3.8, 4) is 11.5 Å². The van der Waals surface area contributed by atoms with Gasteiger partial charge in [0.15, 0.2) is 11.5 Å². The number of hydrogen-bond acceptors (Lipinski definition) is 5. The van der Waals surface area contributed by atoms with Gasteiger partial charge >= 0.3 is 5.97 Å². The first-order valence-corrected chi connectivity index (χ1v) is 8.33. The van der Waals surface area contributed by atoms with E-state index in [4.69, 9.17) is 9.47 Å². The Balaban J connectivity index is 1.53. The molecule has 0 atom stereocenters. The molecule has 1 fully saturated rings. The van der Waals surface area contributed by atoms with E-state index in [1.165, 1.54) is 0 Å². The molecule has 1 aromatic heterocycles. The average molecular weight is 350 g/mol. The fourth-order valence-electron chi connectivity index (χ4n) is 3.10. The predicted molar refractivity (Wildman–Crippen MR) is 98.3 cm³/mol. The third-order valence-corrected chi connectivity index (χ3v) is 4.47. The molecule has 6 nitrogen and oxygen atoms in total. The lowest BCUT2D eigenvalue weighted by Gasteiger charge is -2.40. The molecule has 26 heavy (non-hydrogen) atoms.